The van der Waals surface area contributed by atoms with Crippen LogP contribution in [-0.4, -0.2) is 28.8 Å². The van der Waals surface area contributed by atoms with Gasteiger partial charge < -0.3 is 10.2 Å². The van der Waals surface area contributed by atoms with Crippen LogP contribution in [0.4, 0.5) is 5.69 Å². The van der Waals surface area contributed by atoms with Crippen LogP contribution in [0.1, 0.15) is 74.8 Å². The minimum atomic E-state index is 0.203. The lowest BCUT2D eigenvalue weighted by molar-refractivity contribution is -0.116. The Labute approximate surface area is 192 Å². The lowest BCUT2D eigenvalue weighted by Crippen LogP contribution is -2.43. The highest BCUT2D eigenvalue weighted by atomic mass is 16.1. The average Bonchev–Trinajstić information content (AvgIpc) is 3.10. The second-order valence-electron chi connectivity index (χ2n) is 10.0. The maximum atomic E-state index is 12.2. The molecule has 1 aliphatic carbocycles. The van der Waals surface area contributed by atoms with Crippen LogP contribution in [-0.2, 0) is 11.2 Å². The number of rotatable bonds is 5. The topological polar surface area (TPSA) is 32.3 Å². The van der Waals surface area contributed by atoms with E-state index >= 15 is 0 Å². The summed E-state index contributed by atoms with van der Waals surface area (Å²) in [5.41, 5.74) is 4.37. The Morgan fingerprint density at radius 2 is 1.62 bits per heavy atom. The van der Waals surface area contributed by atoms with Gasteiger partial charge in [-0.2, -0.15) is 0 Å². The summed E-state index contributed by atoms with van der Waals surface area (Å²) in [7, 11) is 0. The summed E-state index contributed by atoms with van der Waals surface area (Å²) in [5, 5.41) is 4.02. The van der Waals surface area contributed by atoms with Crippen molar-refractivity contribution in [3.8, 4) is 0 Å². The van der Waals surface area contributed by atoms with Gasteiger partial charge in [-0.3, -0.25) is 4.79 Å². The molecule has 2 heterocycles. The van der Waals surface area contributed by atoms with Gasteiger partial charge in [0.2, 0.25) is 0 Å². The van der Waals surface area contributed by atoms with Crippen LogP contribution in [0, 0.1) is 0 Å². The van der Waals surface area contributed by atoms with Crippen molar-refractivity contribution in [2.24, 2.45) is 0 Å². The predicted octanol–water partition coefficient (Wildman–Crippen LogP) is 6.47. The summed E-state index contributed by atoms with van der Waals surface area (Å²) in [6.07, 6.45) is 15.9. The Balaban J connectivity index is 1.35. The largest absolute Gasteiger partial charge is 0.379 e. The molecule has 1 fully saturated rings. The van der Waals surface area contributed by atoms with Crippen LogP contribution in [0.3, 0.4) is 0 Å². The molecule has 0 aromatic heterocycles. The van der Waals surface area contributed by atoms with Gasteiger partial charge in [-0.15, -0.1) is 0 Å². The second kappa shape index (κ2) is 9.52. The molecule has 3 heteroatoms. The molecule has 1 saturated carbocycles. The van der Waals surface area contributed by atoms with Crippen LogP contribution in [0.25, 0.3) is 0 Å². The number of allylic oxidation sites excluding steroid dienone is 1. The van der Waals surface area contributed by atoms with E-state index in [4.69, 9.17) is 0 Å². The molecule has 3 nitrogen and oxygen atoms in total. The number of benzene rings is 2. The van der Waals surface area contributed by atoms with Gasteiger partial charge in [-0.05, 0) is 49.0 Å². The molecule has 32 heavy (non-hydrogen) atoms. The van der Waals surface area contributed by atoms with Crippen molar-refractivity contribution in [1.29, 1.82) is 0 Å². The molecule has 2 aromatic carbocycles. The third-order valence-electron chi connectivity index (χ3n) is 7.98. The van der Waals surface area contributed by atoms with Crippen LogP contribution in [0.15, 0.2) is 66.9 Å². The van der Waals surface area contributed by atoms with E-state index in [2.05, 4.69) is 71.0 Å². The number of anilines is 1. The van der Waals surface area contributed by atoms with E-state index in [1.165, 1.54) is 61.8 Å². The van der Waals surface area contributed by atoms with Crippen molar-refractivity contribution in [2.75, 3.05) is 11.9 Å². The summed E-state index contributed by atoms with van der Waals surface area (Å²) in [5.74, 6) is 0.798. The molecule has 2 atom stereocenters. The summed E-state index contributed by atoms with van der Waals surface area (Å²) < 4.78 is 0. The smallest absolute Gasteiger partial charge is 0.159 e. The Morgan fingerprint density at radius 1 is 0.906 bits per heavy atom. The SMILES string of the molecule is O=C1C=CN(CCC2c3ccccc3NC23CCCCCCC3)C(Cc2ccccc2)C1. The average molecular weight is 429 g/mol. The number of hydrogen-bond acceptors (Lipinski definition) is 3. The molecule has 2 unspecified atom stereocenters. The molecule has 0 saturated heterocycles. The first kappa shape index (κ1) is 21.3. The highest BCUT2D eigenvalue weighted by molar-refractivity contribution is 5.90. The number of para-hydroxylation sites is 1. The van der Waals surface area contributed by atoms with Gasteiger partial charge in [-0.25, -0.2) is 0 Å². The Morgan fingerprint density at radius 3 is 2.44 bits per heavy atom. The summed E-state index contributed by atoms with van der Waals surface area (Å²) in [6, 6.07) is 19.9. The van der Waals surface area contributed by atoms with Gasteiger partial charge in [0.25, 0.3) is 0 Å². The predicted molar refractivity (Wildman–Crippen MR) is 132 cm³/mol. The lowest BCUT2D eigenvalue weighted by atomic mass is 9.73. The van der Waals surface area contributed by atoms with Crippen molar-refractivity contribution in [3.63, 3.8) is 0 Å². The Hall–Kier alpha value is -2.55. The first-order valence-corrected chi connectivity index (χ1v) is 12.6. The normalized spacial score (nSPS) is 24.6. The standard InChI is InChI=1S/C29H36N2O/c32-25-15-19-31(24(22-25)21-23-11-5-4-6-12-23)20-16-27-26-13-7-8-14-28(26)30-29(27)17-9-2-1-3-10-18-29/h4-8,11-15,19,24,27,30H,1-3,9-10,16-18,20-22H2. The molecule has 3 aliphatic rings. The summed E-state index contributed by atoms with van der Waals surface area (Å²) in [6.45, 7) is 1.00. The van der Waals surface area contributed by atoms with Gasteiger partial charge >= 0.3 is 0 Å². The molecule has 5 rings (SSSR count). The molecule has 2 aromatic rings. The van der Waals surface area contributed by atoms with Crippen molar-refractivity contribution in [1.82, 2.24) is 4.90 Å². The van der Waals surface area contributed by atoms with E-state index in [0.29, 0.717) is 12.3 Å². The van der Waals surface area contributed by atoms with Crippen LogP contribution in [0.2, 0.25) is 0 Å². The third-order valence-corrected chi connectivity index (χ3v) is 7.98. The highest BCUT2D eigenvalue weighted by Crippen LogP contribution is 2.50. The molecule has 2 aliphatic heterocycles. The molecular formula is C29H36N2O. The van der Waals surface area contributed by atoms with E-state index in [0.717, 1.165) is 19.4 Å². The van der Waals surface area contributed by atoms with E-state index < -0.39 is 0 Å². The van der Waals surface area contributed by atoms with Crippen LogP contribution < -0.4 is 5.32 Å². The van der Waals surface area contributed by atoms with Crippen LogP contribution >= 0.6 is 0 Å². The molecule has 168 valence electrons. The first-order chi connectivity index (χ1) is 15.7. The molecule has 0 radical (unpaired) electrons. The zero-order chi connectivity index (χ0) is 21.8. The fraction of sp³-hybridized carbons (Fsp3) is 0.483. The summed E-state index contributed by atoms with van der Waals surface area (Å²) in [4.78, 5) is 14.7. The molecule has 1 spiro atoms. The lowest BCUT2D eigenvalue weighted by Gasteiger charge is -2.40. The Bertz CT molecular complexity index is 943. The number of carbonyl (C=O) groups is 1. The second-order valence-corrected chi connectivity index (χ2v) is 10.0. The Kier molecular flexibility index (Phi) is 6.34. The van der Waals surface area contributed by atoms with Crippen molar-refractivity contribution < 1.29 is 4.79 Å². The van der Waals surface area contributed by atoms with Gasteiger partial charge in [-0.1, -0.05) is 80.6 Å². The van der Waals surface area contributed by atoms with Gasteiger partial charge in [0.1, 0.15) is 0 Å². The van der Waals surface area contributed by atoms with E-state index in [1.54, 1.807) is 6.08 Å². The van der Waals surface area contributed by atoms with E-state index in [-0.39, 0.29) is 17.4 Å². The highest BCUT2D eigenvalue weighted by Gasteiger charge is 2.45. The zero-order valence-corrected chi connectivity index (χ0v) is 19.1. The molecule has 1 N–H and O–H groups in total. The fourth-order valence-corrected chi connectivity index (χ4v) is 6.34. The minimum absolute atomic E-state index is 0.203. The first-order valence-electron chi connectivity index (χ1n) is 12.6. The molecule has 0 amide bonds. The molecule has 0 bridgehead atoms. The fourth-order valence-electron chi connectivity index (χ4n) is 6.34. The number of hydrogen-bond donors (Lipinski definition) is 1. The van der Waals surface area contributed by atoms with Gasteiger partial charge in [0, 0.05) is 42.4 Å². The molecular weight excluding hydrogens is 392 g/mol. The number of nitrogens with zero attached hydrogens (tertiary/aromatic N) is 1. The zero-order valence-electron chi connectivity index (χ0n) is 19.1. The number of carbonyl (C=O) groups excluding carboxylic acids is 1. The minimum Gasteiger partial charge on any atom is -0.379 e. The van der Waals surface area contributed by atoms with E-state index in [1.807, 2.05) is 0 Å². The van der Waals surface area contributed by atoms with E-state index in [9.17, 15) is 4.79 Å². The number of ketones is 1. The summed E-state index contributed by atoms with van der Waals surface area (Å²) >= 11 is 0. The van der Waals surface area contributed by atoms with Crippen molar-refractivity contribution in [3.05, 3.63) is 78.0 Å². The third kappa shape index (κ3) is 4.48. The maximum absolute atomic E-state index is 12.2. The van der Waals surface area contributed by atoms with Gasteiger partial charge in [0.05, 0.1) is 0 Å². The number of nitrogens with one attached hydrogen (secondary N) is 1. The monoisotopic (exact) mass is 428 g/mol. The quantitative estimate of drug-likeness (QED) is 0.592. The van der Waals surface area contributed by atoms with Crippen molar-refractivity contribution >= 4 is 11.5 Å². The van der Waals surface area contributed by atoms with Crippen LogP contribution in [0.5, 0.6) is 0 Å². The number of fused-ring (bicyclic) bond motifs is 1. The van der Waals surface area contributed by atoms with Crippen molar-refractivity contribution in [2.45, 2.75) is 81.7 Å². The maximum Gasteiger partial charge on any atom is 0.159 e. The van der Waals surface area contributed by atoms with Gasteiger partial charge in [0.15, 0.2) is 5.78 Å².